The number of nitrogens with zero attached hydrogens (tertiary/aromatic N) is 1. The van der Waals surface area contributed by atoms with Crippen LogP contribution in [0.5, 0.6) is 0 Å². The Bertz CT molecular complexity index is 876. The van der Waals surface area contributed by atoms with Crippen LogP contribution in [0.4, 0.5) is 0 Å². The van der Waals surface area contributed by atoms with Crippen LogP contribution in [-0.2, 0) is 16.8 Å². The van der Waals surface area contributed by atoms with Gasteiger partial charge in [0.15, 0.2) is 5.58 Å². The first-order valence-electron chi connectivity index (χ1n) is 7.77. The third-order valence-corrected chi connectivity index (χ3v) is 4.03. The smallest absolute Gasteiger partial charge is 0.226 e. The standard InChI is InChI=1S/C18H20N2O4/c1-11-8-14(12(2)23-11)18(3,22)10-19-17(21)9-15-13-6-4-5-7-16(13)24-20-15/h4-8,22H,9-10H2,1-3H3,(H,19,21)/t18-/m0/s1. The van der Waals surface area contributed by atoms with Gasteiger partial charge in [-0.2, -0.15) is 0 Å². The van der Waals surface area contributed by atoms with Crippen molar-refractivity contribution in [3.63, 3.8) is 0 Å². The van der Waals surface area contributed by atoms with E-state index in [-0.39, 0.29) is 18.9 Å². The van der Waals surface area contributed by atoms with Crippen LogP contribution in [0.1, 0.15) is 29.7 Å². The number of aromatic nitrogens is 1. The van der Waals surface area contributed by atoms with Crippen LogP contribution in [0.2, 0.25) is 0 Å². The molecule has 0 unspecified atom stereocenters. The monoisotopic (exact) mass is 328 g/mol. The molecule has 0 fully saturated rings. The summed E-state index contributed by atoms with van der Waals surface area (Å²) in [6.45, 7) is 5.35. The maximum atomic E-state index is 12.2. The Balaban J connectivity index is 1.66. The van der Waals surface area contributed by atoms with Gasteiger partial charge in [0.2, 0.25) is 5.91 Å². The van der Waals surface area contributed by atoms with E-state index in [1.807, 2.05) is 25.1 Å². The molecule has 0 saturated heterocycles. The number of benzene rings is 1. The number of hydrogen-bond donors (Lipinski definition) is 2. The lowest BCUT2D eigenvalue weighted by molar-refractivity contribution is -0.121. The molecule has 2 N–H and O–H groups in total. The minimum absolute atomic E-state index is 0.0848. The maximum Gasteiger partial charge on any atom is 0.226 e. The number of nitrogens with one attached hydrogen (secondary N) is 1. The normalized spacial score (nSPS) is 13.8. The van der Waals surface area contributed by atoms with Gasteiger partial charge >= 0.3 is 0 Å². The van der Waals surface area contributed by atoms with E-state index >= 15 is 0 Å². The van der Waals surface area contributed by atoms with Gasteiger partial charge in [-0.05, 0) is 39.0 Å². The van der Waals surface area contributed by atoms with E-state index in [4.69, 9.17) is 8.94 Å². The van der Waals surface area contributed by atoms with E-state index in [2.05, 4.69) is 10.5 Å². The number of para-hydroxylation sites is 1. The van der Waals surface area contributed by atoms with Crippen molar-refractivity contribution in [2.45, 2.75) is 32.8 Å². The van der Waals surface area contributed by atoms with Crippen molar-refractivity contribution in [1.29, 1.82) is 0 Å². The number of carbonyl (C=O) groups is 1. The zero-order valence-electron chi connectivity index (χ0n) is 13.9. The molecule has 1 atom stereocenters. The second-order valence-corrected chi connectivity index (χ2v) is 6.18. The average molecular weight is 328 g/mol. The Kier molecular flexibility index (Phi) is 4.15. The average Bonchev–Trinajstić information content (AvgIpc) is 3.09. The largest absolute Gasteiger partial charge is 0.466 e. The summed E-state index contributed by atoms with van der Waals surface area (Å²) in [6.07, 6.45) is 0.0937. The molecule has 0 aliphatic rings. The molecule has 0 aliphatic heterocycles. The molecule has 126 valence electrons. The molecule has 1 amide bonds. The topological polar surface area (TPSA) is 88.5 Å². The van der Waals surface area contributed by atoms with E-state index < -0.39 is 5.60 Å². The molecule has 2 heterocycles. The third kappa shape index (κ3) is 3.19. The molecule has 0 bridgehead atoms. The minimum Gasteiger partial charge on any atom is -0.466 e. The highest BCUT2D eigenvalue weighted by Crippen LogP contribution is 2.26. The van der Waals surface area contributed by atoms with Crippen LogP contribution in [-0.4, -0.2) is 22.7 Å². The number of carbonyl (C=O) groups excluding carboxylic acids is 1. The molecule has 1 aromatic carbocycles. The van der Waals surface area contributed by atoms with E-state index in [9.17, 15) is 9.90 Å². The lowest BCUT2D eigenvalue weighted by atomic mass is 9.96. The van der Waals surface area contributed by atoms with Crippen LogP contribution in [0.25, 0.3) is 11.0 Å². The van der Waals surface area contributed by atoms with Crippen molar-refractivity contribution in [1.82, 2.24) is 10.5 Å². The molecule has 0 saturated carbocycles. The van der Waals surface area contributed by atoms with Gasteiger partial charge in [-0.15, -0.1) is 0 Å². The number of aryl methyl sites for hydroxylation is 2. The third-order valence-electron chi connectivity index (χ3n) is 4.03. The number of hydrogen-bond acceptors (Lipinski definition) is 5. The predicted octanol–water partition coefficient (Wildman–Crippen LogP) is 2.60. The first-order chi connectivity index (χ1) is 11.4. The quantitative estimate of drug-likeness (QED) is 0.751. The molecule has 0 aliphatic carbocycles. The van der Waals surface area contributed by atoms with Gasteiger partial charge in [-0.25, -0.2) is 0 Å². The number of furan rings is 1. The summed E-state index contributed by atoms with van der Waals surface area (Å²) in [7, 11) is 0. The highest BCUT2D eigenvalue weighted by Gasteiger charge is 2.28. The molecule has 24 heavy (non-hydrogen) atoms. The van der Waals surface area contributed by atoms with Crippen molar-refractivity contribution in [2.24, 2.45) is 0 Å². The first-order valence-corrected chi connectivity index (χ1v) is 7.77. The van der Waals surface area contributed by atoms with Crippen LogP contribution in [0, 0.1) is 13.8 Å². The molecule has 2 aromatic heterocycles. The van der Waals surface area contributed by atoms with Crippen LogP contribution in [0.3, 0.4) is 0 Å². The van der Waals surface area contributed by atoms with Gasteiger partial charge in [0.05, 0.1) is 13.0 Å². The fourth-order valence-corrected chi connectivity index (χ4v) is 2.81. The lowest BCUT2D eigenvalue weighted by Crippen LogP contribution is -2.39. The molecule has 6 heteroatoms. The van der Waals surface area contributed by atoms with Gasteiger partial charge in [0.1, 0.15) is 22.8 Å². The second-order valence-electron chi connectivity index (χ2n) is 6.18. The number of aliphatic hydroxyl groups is 1. The number of rotatable bonds is 5. The summed E-state index contributed by atoms with van der Waals surface area (Å²) in [5, 5.41) is 18.1. The zero-order valence-corrected chi connectivity index (χ0v) is 13.9. The SMILES string of the molecule is Cc1cc([C@@](C)(O)CNC(=O)Cc2noc3ccccc23)c(C)o1. The molecule has 6 nitrogen and oxygen atoms in total. The fourth-order valence-electron chi connectivity index (χ4n) is 2.81. The van der Waals surface area contributed by atoms with Crippen molar-refractivity contribution < 1.29 is 18.8 Å². The minimum atomic E-state index is -1.20. The van der Waals surface area contributed by atoms with Gasteiger partial charge in [-0.1, -0.05) is 17.3 Å². The van der Waals surface area contributed by atoms with Crippen LogP contribution < -0.4 is 5.32 Å². The lowest BCUT2D eigenvalue weighted by Gasteiger charge is -2.23. The molecule has 3 aromatic rings. The number of fused-ring (bicyclic) bond motifs is 1. The van der Waals surface area contributed by atoms with Crippen molar-refractivity contribution in [3.05, 3.63) is 53.1 Å². The Labute approximate surface area is 139 Å². The summed E-state index contributed by atoms with van der Waals surface area (Å²) in [5.74, 6) is 1.14. The van der Waals surface area contributed by atoms with Gasteiger partial charge < -0.3 is 19.4 Å². The van der Waals surface area contributed by atoms with Gasteiger partial charge in [0, 0.05) is 10.9 Å². The van der Waals surface area contributed by atoms with E-state index in [0.717, 1.165) is 11.1 Å². The van der Waals surface area contributed by atoms with Gasteiger partial charge in [0.25, 0.3) is 0 Å². The van der Waals surface area contributed by atoms with E-state index in [0.29, 0.717) is 22.6 Å². The predicted molar refractivity (Wildman–Crippen MR) is 88.5 cm³/mol. The summed E-state index contributed by atoms with van der Waals surface area (Å²) in [6, 6.07) is 9.17. The Morgan fingerprint density at radius 1 is 1.33 bits per heavy atom. The summed E-state index contributed by atoms with van der Waals surface area (Å²) in [5.41, 5.74) is 0.700. The van der Waals surface area contributed by atoms with Crippen molar-refractivity contribution >= 4 is 16.9 Å². The second kappa shape index (κ2) is 6.13. The zero-order chi connectivity index (χ0) is 17.3. The number of amides is 1. The highest BCUT2D eigenvalue weighted by atomic mass is 16.5. The molecule has 0 radical (unpaired) electrons. The molecular formula is C18H20N2O4. The highest BCUT2D eigenvalue weighted by molar-refractivity contribution is 5.86. The molecule has 0 spiro atoms. The molecular weight excluding hydrogens is 308 g/mol. The summed E-state index contributed by atoms with van der Waals surface area (Å²) in [4.78, 5) is 12.2. The Hall–Kier alpha value is -2.60. The van der Waals surface area contributed by atoms with Crippen molar-refractivity contribution in [2.75, 3.05) is 6.54 Å². The van der Waals surface area contributed by atoms with E-state index in [1.165, 1.54) is 0 Å². The summed E-state index contributed by atoms with van der Waals surface area (Å²) >= 11 is 0. The van der Waals surface area contributed by atoms with Crippen molar-refractivity contribution in [3.8, 4) is 0 Å². The van der Waals surface area contributed by atoms with Crippen LogP contribution in [0.15, 0.2) is 39.3 Å². The maximum absolute atomic E-state index is 12.2. The van der Waals surface area contributed by atoms with Gasteiger partial charge in [-0.3, -0.25) is 4.79 Å². The van der Waals surface area contributed by atoms with E-state index in [1.54, 1.807) is 26.0 Å². The van der Waals surface area contributed by atoms with Crippen LogP contribution >= 0.6 is 0 Å². The molecule has 3 rings (SSSR count). The Morgan fingerprint density at radius 3 is 2.79 bits per heavy atom. The fraction of sp³-hybridized carbons (Fsp3) is 0.333. The Morgan fingerprint density at radius 2 is 2.08 bits per heavy atom. The first kappa shape index (κ1) is 16.3. The summed E-state index contributed by atoms with van der Waals surface area (Å²) < 4.78 is 10.6.